The van der Waals surface area contributed by atoms with Crippen LogP contribution in [0.2, 0.25) is 0 Å². The molecule has 98 valence electrons. The summed E-state index contributed by atoms with van der Waals surface area (Å²) >= 11 is 0. The number of halogens is 1. The highest BCUT2D eigenvalue weighted by molar-refractivity contribution is 5.85. The highest BCUT2D eigenvalue weighted by atomic mass is 19.1. The molecule has 0 unspecified atom stereocenters. The first-order valence-electron chi connectivity index (χ1n) is 5.94. The van der Waals surface area contributed by atoms with Gasteiger partial charge in [-0.05, 0) is 37.5 Å². The molecule has 1 atom stereocenters. The minimum absolute atomic E-state index is 0.238. The molecule has 0 aliphatic carbocycles. The number of carbonyl (C=O) groups is 1. The lowest BCUT2D eigenvalue weighted by molar-refractivity contribution is -0.122. The maximum Gasteiger partial charge on any atom is 0.239 e. The molecule has 1 heterocycles. The Bertz CT molecular complexity index is 499. The molecule has 2 rings (SSSR count). The van der Waals surface area contributed by atoms with Crippen molar-refractivity contribution in [3.63, 3.8) is 0 Å². The van der Waals surface area contributed by atoms with Gasteiger partial charge in [-0.15, -0.1) is 0 Å². The van der Waals surface area contributed by atoms with Crippen LogP contribution in [-0.2, 0) is 11.2 Å². The quantitative estimate of drug-likeness (QED) is 0.830. The van der Waals surface area contributed by atoms with Gasteiger partial charge in [0.2, 0.25) is 5.91 Å². The number of primary amides is 1. The fourth-order valence-electron chi connectivity index (χ4n) is 2.24. The number of carbonyl (C=O) groups excluding carboxylic acids is 1. The Labute approximate surface area is 106 Å². The van der Waals surface area contributed by atoms with Gasteiger partial charge in [0.15, 0.2) is 0 Å². The lowest BCUT2D eigenvalue weighted by Gasteiger charge is -2.29. The van der Waals surface area contributed by atoms with E-state index in [4.69, 9.17) is 11.5 Å². The molecule has 0 saturated heterocycles. The number of fused-ring (bicyclic) bond motifs is 1. The van der Waals surface area contributed by atoms with Crippen LogP contribution in [0.1, 0.15) is 18.1 Å². The maximum absolute atomic E-state index is 13.6. The third-order valence-electron chi connectivity index (χ3n) is 3.43. The van der Waals surface area contributed by atoms with Crippen LogP contribution in [0.15, 0.2) is 12.1 Å². The summed E-state index contributed by atoms with van der Waals surface area (Å²) in [4.78, 5) is 13.2. The molecule has 4 nitrogen and oxygen atoms in total. The summed E-state index contributed by atoms with van der Waals surface area (Å²) in [5.74, 6) is -0.790. The zero-order valence-electron chi connectivity index (χ0n) is 10.7. The molecular formula is C13H18FN3O. The molecule has 0 aromatic heterocycles. The lowest BCUT2D eigenvalue weighted by atomic mass is 10.0. The summed E-state index contributed by atoms with van der Waals surface area (Å²) in [6.07, 6.45) is 0.839. The average Bonchev–Trinajstić information content (AvgIpc) is 2.61. The molecule has 1 aromatic rings. The van der Waals surface area contributed by atoms with Gasteiger partial charge in [-0.25, -0.2) is 4.39 Å². The molecule has 0 saturated carbocycles. The van der Waals surface area contributed by atoms with E-state index in [0.29, 0.717) is 12.1 Å². The van der Waals surface area contributed by atoms with E-state index in [1.165, 1.54) is 6.07 Å². The number of anilines is 1. The minimum atomic E-state index is -1.11. The molecule has 1 amide bonds. The summed E-state index contributed by atoms with van der Waals surface area (Å²) in [5, 5.41) is 0. The second-order valence-electron chi connectivity index (χ2n) is 5.18. The number of nitrogens with zero attached hydrogens (tertiary/aromatic N) is 1. The zero-order chi connectivity index (χ0) is 13.5. The van der Waals surface area contributed by atoms with Crippen LogP contribution in [0, 0.1) is 12.7 Å². The van der Waals surface area contributed by atoms with E-state index in [1.54, 1.807) is 13.8 Å². The highest BCUT2D eigenvalue weighted by Gasteiger charge is 2.31. The van der Waals surface area contributed by atoms with Gasteiger partial charge >= 0.3 is 0 Å². The van der Waals surface area contributed by atoms with E-state index in [0.717, 1.165) is 24.2 Å². The van der Waals surface area contributed by atoms with Gasteiger partial charge in [0.25, 0.3) is 0 Å². The van der Waals surface area contributed by atoms with Gasteiger partial charge in [-0.2, -0.15) is 0 Å². The number of aryl methyl sites for hydroxylation is 1. The van der Waals surface area contributed by atoms with E-state index in [-0.39, 0.29) is 5.82 Å². The molecule has 1 aliphatic rings. The lowest BCUT2D eigenvalue weighted by Crippen LogP contribution is -2.56. The molecule has 0 spiro atoms. The average molecular weight is 251 g/mol. The standard InChI is InChI=1S/C13H18FN3O/c1-8-5-9-3-4-17(11(9)6-10(8)14)7-13(2,16)12(15)18/h5-6H,3-4,7,16H2,1-2H3,(H2,15,18)/t13-/m0/s1. The first-order valence-corrected chi connectivity index (χ1v) is 5.94. The largest absolute Gasteiger partial charge is 0.369 e. The second-order valence-corrected chi connectivity index (χ2v) is 5.18. The van der Waals surface area contributed by atoms with Crippen molar-refractivity contribution < 1.29 is 9.18 Å². The Kier molecular flexibility index (Phi) is 3.02. The van der Waals surface area contributed by atoms with Crippen molar-refractivity contribution in [2.24, 2.45) is 11.5 Å². The molecule has 0 radical (unpaired) electrons. The minimum Gasteiger partial charge on any atom is -0.369 e. The van der Waals surface area contributed by atoms with Crippen LogP contribution < -0.4 is 16.4 Å². The first kappa shape index (κ1) is 12.8. The van der Waals surface area contributed by atoms with E-state index in [2.05, 4.69) is 0 Å². The third kappa shape index (κ3) is 2.18. The van der Waals surface area contributed by atoms with Gasteiger partial charge in [0.05, 0.1) is 0 Å². The van der Waals surface area contributed by atoms with E-state index >= 15 is 0 Å². The molecular weight excluding hydrogens is 233 g/mol. The Morgan fingerprint density at radius 2 is 2.22 bits per heavy atom. The third-order valence-corrected chi connectivity index (χ3v) is 3.43. The predicted molar refractivity (Wildman–Crippen MR) is 68.8 cm³/mol. The van der Waals surface area contributed by atoms with Crippen molar-refractivity contribution in [2.45, 2.75) is 25.8 Å². The van der Waals surface area contributed by atoms with Crippen molar-refractivity contribution in [1.29, 1.82) is 0 Å². The predicted octanol–water partition coefficient (Wildman–Crippen LogP) is 0.699. The van der Waals surface area contributed by atoms with E-state index in [9.17, 15) is 9.18 Å². The highest BCUT2D eigenvalue weighted by Crippen LogP contribution is 2.31. The monoisotopic (exact) mass is 251 g/mol. The van der Waals surface area contributed by atoms with Crippen LogP contribution in [-0.4, -0.2) is 24.5 Å². The number of hydrogen-bond donors (Lipinski definition) is 2. The Morgan fingerprint density at radius 1 is 1.56 bits per heavy atom. The number of benzene rings is 1. The Hall–Kier alpha value is -1.62. The first-order chi connectivity index (χ1) is 8.31. The van der Waals surface area contributed by atoms with Crippen LogP contribution >= 0.6 is 0 Å². The van der Waals surface area contributed by atoms with Crippen LogP contribution in [0.4, 0.5) is 10.1 Å². The van der Waals surface area contributed by atoms with E-state index < -0.39 is 11.4 Å². The molecule has 1 aliphatic heterocycles. The Morgan fingerprint density at radius 3 is 2.83 bits per heavy atom. The number of nitrogens with two attached hydrogens (primary N) is 2. The second kappa shape index (κ2) is 4.24. The smallest absolute Gasteiger partial charge is 0.239 e. The molecule has 0 bridgehead atoms. The van der Waals surface area contributed by atoms with Crippen molar-refractivity contribution in [1.82, 2.24) is 0 Å². The van der Waals surface area contributed by atoms with Crippen LogP contribution in [0.25, 0.3) is 0 Å². The molecule has 5 heteroatoms. The van der Waals surface area contributed by atoms with Crippen LogP contribution in [0.5, 0.6) is 0 Å². The van der Waals surface area contributed by atoms with E-state index in [1.807, 2.05) is 11.0 Å². The molecule has 0 fully saturated rings. The number of amides is 1. The number of rotatable bonds is 3. The summed E-state index contributed by atoms with van der Waals surface area (Å²) in [7, 11) is 0. The summed E-state index contributed by atoms with van der Waals surface area (Å²) in [6, 6.07) is 3.36. The fraction of sp³-hybridized carbons (Fsp3) is 0.462. The SMILES string of the molecule is Cc1cc2c(cc1F)N(C[C@](C)(N)C(N)=O)CC2. The number of hydrogen-bond acceptors (Lipinski definition) is 3. The summed E-state index contributed by atoms with van der Waals surface area (Å²) in [6.45, 7) is 4.38. The summed E-state index contributed by atoms with van der Waals surface area (Å²) in [5.41, 5.74) is 12.6. The Balaban J connectivity index is 2.27. The van der Waals surface area contributed by atoms with Gasteiger partial charge in [0, 0.05) is 18.8 Å². The van der Waals surface area contributed by atoms with Gasteiger partial charge in [-0.3, -0.25) is 4.79 Å². The topological polar surface area (TPSA) is 72.3 Å². The molecule has 4 N–H and O–H groups in total. The van der Waals surface area contributed by atoms with Gasteiger partial charge < -0.3 is 16.4 Å². The summed E-state index contributed by atoms with van der Waals surface area (Å²) < 4.78 is 13.6. The van der Waals surface area contributed by atoms with Gasteiger partial charge in [0.1, 0.15) is 11.4 Å². The molecule has 1 aromatic carbocycles. The van der Waals surface area contributed by atoms with Gasteiger partial charge in [-0.1, -0.05) is 6.07 Å². The van der Waals surface area contributed by atoms with Crippen LogP contribution in [0.3, 0.4) is 0 Å². The molecule has 18 heavy (non-hydrogen) atoms. The van der Waals surface area contributed by atoms with Crippen molar-refractivity contribution in [3.8, 4) is 0 Å². The van der Waals surface area contributed by atoms with Crippen molar-refractivity contribution >= 4 is 11.6 Å². The maximum atomic E-state index is 13.6. The van der Waals surface area contributed by atoms with Crippen molar-refractivity contribution in [3.05, 3.63) is 29.1 Å². The zero-order valence-corrected chi connectivity index (χ0v) is 10.7. The normalized spacial score (nSPS) is 17.4. The van der Waals surface area contributed by atoms with Crippen molar-refractivity contribution in [2.75, 3.05) is 18.0 Å². The fourth-order valence-corrected chi connectivity index (χ4v) is 2.24.